The van der Waals surface area contributed by atoms with E-state index in [9.17, 15) is 9.59 Å². The van der Waals surface area contributed by atoms with Gasteiger partial charge in [0.05, 0.1) is 0 Å². The number of hydrogen-bond acceptors (Lipinski definition) is 3. The molecule has 0 aromatic heterocycles. The Hall–Kier alpha value is -1.10. The lowest BCUT2D eigenvalue weighted by atomic mass is 9.88. The van der Waals surface area contributed by atoms with E-state index in [1.54, 1.807) is 0 Å². The number of nitrogens with zero attached hydrogens (tertiary/aromatic N) is 2. The van der Waals surface area contributed by atoms with Crippen LogP contribution in [0.5, 0.6) is 0 Å². The van der Waals surface area contributed by atoms with Crippen LogP contribution in [0.2, 0.25) is 0 Å². The molecule has 0 spiro atoms. The molecule has 22 heavy (non-hydrogen) atoms. The highest BCUT2D eigenvalue weighted by atomic mass is 16.2. The first-order valence-corrected chi connectivity index (χ1v) is 8.98. The molecule has 2 N–H and O–H groups in total. The van der Waals surface area contributed by atoms with E-state index in [2.05, 4.69) is 0 Å². The van der Waals surface area contributed by atoms with Crippen molar-refractivity contribution in [2.75, 3.05) is 26.2 Å². The van der Waals surface area contributed by atoms with Crippen molar-refractivity contribution in [2.45, 2.75) is 57.4 Å². The van der Waals surface area contributed by atoms with E-state index in [4.69, 9.17) is 5.73 Å². The summed E-state index contributed by atoms with van der Waals surface area (Å²) in [4.78, 5) is 29.0. The molecule has 2 amide bonds. The minimum Gasteiger partial charge on any atom is -0.339 e. The summed E-state index contributed by atoms with van der Waals surface area (Å²) in [5.74, 6) is 0.951. The molecule has 124 valence electrons. The van der Waals surface area contributed by atoms with E-state index < -0.39 is 0 Å². The maximum Gasteiger partial charge on any atom is 0.225 e. The van der Waals surface area contributed by atoms with Crippen LogP contribution in [0.25, 0.3) is 0 Å². The van der Waals surface area contributed by atoms with Gasteiger partial charge in [-0.2, -0.15) is 0 Å². The van der Waals surface area contributed by atoms with E-state index in [0.717, 1.165) is 32.1 Å². The van der Waals surface area contributed by atoms with Gasteiger partial charge in [-0.05, 0) is 32.1 Å². The first-order chi connectivity index (χ1) is 10.6. The van der Waals surface area contributed by atoms with E-state index in [1.807, 2.05) is 9.80 Å². The third-order valence-electron chi connectivity index (χ3n) is 5.68. The molecule has 5 nitrogen and oxygen atoms in total. The second kappa shape index (κ2) is 6.99. The molecule has 2 saturated carbocycles. The van der Waals surface area contributed by atoms with Gasteiger partial charge in [-0.15, -0.1) is 0 Å². The maximum atomic E-state index is 12.5. The highest BCUT2D eigenvalue weighted by Gasteiger charge is 2.34. The van der Waals surface area contributed by atoms with Gasteiger partial charge in [0.15, 0.2) is 0 Å². The number of hydrogen-bond donors (Lipinski definition) is 1. The summed E-state index contributed by atoms with van der Waals surface area (Å²) < 4.78 is 0. The van der Waals surface area contributed by atoms with Gasteiger partial charge >= 0.3 is 0 Å². The minimum absolute atomic E-state index is 0.121. The molecule has 1 saturated heterocycles. The van der Waals surface area contributed by atoms with Crippen molar-refractivity contribution in [3.8, 4) is 0 Å². The lowest BCUT2D eigenvalue weighted by Crippen LogP contribution is -2.53. The predicted octanol–water partition coefficient (Wildman–Crippen LogP) is 1.36. The Morgan fingerprint density at radius 3 is 1.77 bits per heavy atom. The Bertz CT molecular complexity index is 387. The van der Waals surface area contributed by atoms with Crippen LogP contribution < -0.4 is 5.73 Å². The highest BCUT2D eigenvalue weighted by molar-refractivity contribution is 5.81. The predicted molar refractivity (Wildman–Crippen MR) is 85.1 cm³/mol. The van der Waals surface area contributed by atoms with Crippen molar-refractivity contribution in [3.63, 3.8) is 0 Å². The van der Waals surface area contributed by atoms with E-state index in [-0.39, 0.29) is 23.8 Å². The SMILES string of the molecule is NC1CCC(C(=O)N2CCN(C(=O)C3CCCCC3)CC2)C1. The summed E-state index contributed by atoms with van der Waals surface area (Å²) in [6.07, 6.45) is 8.50. The molecule has 2 unspecified atom stereocenters. The Balaban J connectivity index is 1.47. The molecule has 0 bridgehead atoms. The van der Waals surface area contributed by atoms with E-state index in [1.165, 1.54) is 19.3 Å². The third-order valence-corrected chi connectivity index (χ3v) is 5.68. The fraction of sp³-hybridized carbons (Fsp3) is 0.882. The van der Waals surface area contributed by atoms with Crippen molar-refractivity contribution in [3.05, 3.63) is 0 Å². The van der Waals surface area contributed by atoms with Gasteiger partial charge < -0.3 is 15.5 Å². The van der Waals surface area contributed by atoms with E-state index >= 15 is 0 Å². The van der Waals surface area contributed by atoms with Crippen molar-refractivity contribution >= 4 is 11.8 Å². The summed E-state index contributed by atoms with van der Waals surface area (Å²) >= 11 is 0. The average Bonchev–Trinajstić information content (AvgIpc) is 3.01. The molecule has 5 heteroatoms. The van der Waals surface area contributed by atoms with Gasteiger partial charge in [0.2, 0.25) is 11.8 Å². The van der Waals surface area contributed by atoms with Gasteiger partial charge in [-0.1, -0.05) is 19.3 Å². The Morgan fingerprint density at radius 1 is 0.727 bits per heavy atom. The second-order valence-electron chi connectivity index (χ2n) is 7.26. The van der Waals surface area contributed by atoms with E-state index in [0.29, 0.717) is 32.1 Å². The molecule has 2 aliphatic carbocycles. The van der Waals surface area contributed by atoms with Gasteiger partial charge in [0, 0.05) is 44.1 Å². The molecular weight excluding hydrogens is 278 g/mol. The van der Waals surface area contributed by atoms with Crippen molar-refractivity contribution < 1.29 is 9.59 Å². The molecule has 0 aromatic carbocycles. The van der Waals surface area contributed by atoms with Gasteiger partial charge in [0.25, 0.3) is 0 Å². The zero-order chi connectivity index (χ0) is 15.5. The Kier molecular flexibility index (Phi) is 5.01. The summed E-state index contributed by atoms with van der Waals surface area (Å²) in [5.41, 5.74) is 5.91. The number of amides is 2. The largest absolute Gasteiger partial charge is 0.339 e. The zero-order valence-corrected chi connectivity index (χ0v) is 13.5. The molecule has 3 rings (SSSR count). The minimum atomic E-state index is 0.121. The average molecular weight is 307 g/mol. The molecule has 2 atom stereocenters. The molecule has 1 aliphatic heterocycles. The third kappa shape index (κ3) is 3.45. The fourth-order valence-electron chi connectivity index (χ4n) is 4.25. The van der Waals surface area contributed by atoms with Gasteiger partial charge in [0.1, 0.15) is 0 Å². The van der Waals surface area contributed by atoms with Crippen LogP contribution in [-0.4, -0.2) is 53.8 Å². The summed E-state index contributed by atoms with van der Waals surface area (Å²) in [6.45, 7) is 2.81. The van der Waals surface area contributed by atoms with Crippen LogP contribution in [0, 0.1) is 11.8 Å². The first-order valence-electron chi connectivity index (χ1n) is 8.98. The van der Waals surface area contributed by atoms with Crippen LogP contribution in [-0.2, 0) is 9.59 Å². The molecule has 0 aromatic rings. The quantitative estimate of drug-likeness (QED) is 0.838. The molecule has 3 aliphatic rings. The lowest BCUT2D eigenvalue weighted by molar-refractivity contribution is -0.144. The molecule has 1 heterocycles. The summed E-state index contributed by atoms with van der Waals surface area (Å²) in [7, 11) is 0. The fourth-order valence-corrected chi connectivity index (χ4v) is 4.25. The Labute approximate surface area is 133 Å². The number of carbonyl (C=O) groups excluding carboxylic acids is 2. The van der Waals surface area contributed by atoms with Crippen molar-refractivity contribution in [2.24, 2.45) is 17.6 Å². The summed E-state index contributed by atoms with van der Waals surface area (Å²) in [5, 5.41) is 0. The topological polar surface area (TPSA) is 66.6 Å². The lowest BCUT2D eigenvalue weighted by Gasteiger charge is -2.38. The van der Waals surface area contributed by atoms with Gasteiger partial charge in [-0.25, -0.2) is 0 Å². The number of carbonyl (C=O) groups is 2. The van der Waals surface area contributed by atoms with Crippen LogP contribution in [0.3, 0.4) is 0 Å². The maximum absolute atomic E-state index is 12.5. The van der Waals surface area contributed by atoms with Crippen LogP contribution in [0.1, 0.15) is 51.4 Å². The van der Waals surface area contributed by atoms with Crippen LogP contribution in [0.4, 0.5) is 0 Å². The monoisotopic (exact) mass is 307 g/mol. The smallest absolute Gasteiger partial charge is 0.225 e. The second-order valence-corrected chi connectivity index (χ2v) is 7.26. The molecule has 0 radical (unpaired) electrons. The van der Waals surface area contributed by atoms with Crippen LogP contribution in [0.15, 0.2) is 0 Å². The molecular formula is C17H29N3O2. The Morgan fingerprint density at radius 2 is 1.27 bits per heavy atom. The first kappa shape index (κ1) is 15.8. The molecule has 3 fully saturated rings. The van der Waals surface area contributed by atoms with Crippen LogP contribution >= 0.6 is 0 Å². The standard InChI is InChI=1S/C17H29N3O2/c18-15-7-6-14(12-15)17(22)20-10-8-19(9-11-20)16(21)13-4-2-1-3-5-13/h13-15H,1-12,18H2. The highest BCUT2D eigenvalue weighted by Crippen LogP contribution is 2.28. The van der Waals surface area contributed by atoms with Crippen molar-refractivity contribution in [1.82, 2.24) is 9.80 Å². The zero-order valence-electron chi connectivity index (χ0n) is 13.5. The van der Waals surface area contributed by atoms with Crippen molar-refractivity contribution in [1.29, 1.82) is 0 Å². The normalized spacial score (nSPS) is 30.6. The number of nitrogens with two attached hydrogens (primary N) is 1. The number of piperazine rings is 1. The summed E-state index contributed by atoms with van der Waals surface area (Å²) in [6, 6.07) is 0.197. The van der Waals surface area contributed by atoms with Gasteiger partial charge in [-0.3, -0.25) is 9.59 Å². The number of rotatable bonds is 2.